The Morgan fingerprint density at radius 1 is 1.53 bits per heavy atom. The Balaban J connectivity index is 2.70. The number of hydrogen-bond acceptors (Lipinski definition) is 3. The zero-order chi connectivity index (χ0) is 13.2. The molecule has 0 aromatic heterocycles. The second kappa shape index (κ2) is 5.04. The number of nitrogens with zero attached hydrogens (tertiary/aromatic N) is 1. The molecule has 1 aliphatic rings. The van der Waals surface area contributed by atoms with Crippen molar-refractivity contribution in [3.63, 3.8) is 0 Å². The molecule has 1 heterocycles. The Labute approximate surface area is 102 Å². The average Bonchev–Trinajstić information content (AvgIpc) is 2.27. The van der Waals surface area contributed by atoms with E-state index in [1.54, 1.807) is 11.8 Å². The number of carboxylic acid groups (broad SMARTS) is 1. The molecule has 0 aromatic carbocycles. The fraction of sp³-hybridized carbons (Fsp3) is 0.833. The second-order valence-electron chi connectivity index (χ2n) is 5.18. The van der Waals surface area contributed by atoms with E-state index in [-0.39, 0.29) is 17.9 Å². The minimum Gasteiger partial charge on any atom is -0.481 e. The first kappa shape index (κ1) is 14.0. The normalized spacial score (nSPS) is 28.6. The summed E-state index contributed by atoms with van der Waals surface area (Å²) in [6, 6.07) is -0.0493. The third-order valence-corrected chi connectivity index (χ3v) is 3.71. The average molecular weight is 242 g/mol. The van der Waals surface area contributed by atoms with Gasteiger partial charge in [0, 0.05) is 12.6 Å². The molecule has 3 atom stereocenters. The SMILES string of the molecule is CCC(C)(N)C(=O)N1CCC(C(=O)O)CC1C. The van der Waals surface area contributed by atoms with Crippen molar-refractivity contribution in [1.29, 1.82) is 0 Å². The lowest BCUT2D eigenvalue weighted by Gasteiger charge is -2.40. The monoisotopic (exact) mass is 242 g/mol. The van der Waals surface area contributed by atoms with E-state index in [4.69, 9.17) is 10.8 Å². The van der Waals surface area contributed by atoms with Gasteiger partial charge in [0.25, 0.3) is 0 Å². The van der Waals surface area contributed by atoms with Gasteiger partial charge in [-0.15, -0.1) is 0 Å². The highest BCUT2D eigenvalue weighted by atomic mass is 16.4. The van der Waals surface area contributed by atoms with Gasteiger partial charge in [0.2, 0.25) is 5.91 Å². The van der Waals surface area contributed by atoms with E-state index < -0.39 is 11.5 Å². The topological polar surface area (TPSA) is 83.6 Å². The molecule has 5 heteroatoms. The van der Waals surface area contributed by atoms with E-state index in [9.17, 15) is 9.59 Å². The molecular weight excluding hydrogens is 220 g/mol. The van der Waals surface area contributed by atoms with Crippen LogP contribution in [0.2, 0.25) is 0 Å². The van der Waals surface area contributed by atoms with Gasteiger partial charge in [-0.25, -0.2) is 0 Å². The molecule has 1 fully saturated rings. The number of aliphatic carboxylic acids is 1. The van der Waals surface area contributed by atoms with E-state index in [0.717, 1.165) is 0 Å². The van der Waals surface area contributed by atoms with Gasteiger partial charge in [-0.1, -0.05) is 6.92 Å². The minimum absolute atomic E-state index is 0.0493. The summed E-state index contributed by atoms with van der Waals surface area (Å²) < 4.78 is 0. The van der Waals surface area contributed by atoms with Crippen molar-refractivity contribution in [3.8, 4) is 0 Å². The van der Waals surface area contributed by atoms with E-state index in [1.165, 1.54) is 0 Å². The van der Waals surface area contributed by atoms with Gasteiger partial charge in [0.15, 0.2) is 0 Å². The number of nitrogens with two attached hydrogens (primary N) is 1. The molecule has 1 aliphatic heterocycles. The molecule has 0 radical (unpaired) electrons. The Hall–Kier alpha value is -1.10. The summed E-state index contributed by atoms with van der Waals surface area (Å²) in [5.74, 6) is -1.18. The molecule has 3 unspecified atom stereocenters. The molecule has 1 amide bonds. The van der Waals surface area contributed by atoms with Gasteiger partial charge in [0.05, 0.1) is 11.5 Å². The molecule has 0 saturated carbocycles. The molecule has 3 N–H and O–H groups in total. The quantitative estimate of drug-likeness (QED) is 0.767. The molecular formula is C12H22N2O3. The van der Waals surface area contributed by atoms with Crippen LogP contribution in [-0.4, -0.2) is 40.0 Å². The fourth-order valence-electron chi connectivity index (χ4n) is 2.18. The highest BCUT2D eigenvalue weighted by Gasteiger charge is 2.37. The van der Waals surface area contributed by atoms with Crippen molar-refractivity contribution >= 4 is 11.9 Å². The van der Waals surface area contributed by atoms with Crippen molar-refractivity contribution < 1.29 is 14.7 Å². The highest BCUT2D eigenvalue weighted by molar-refractivity contribution is 5.86. The van der Waals surface area contributed by atoms with Crippen molar-refractivity contribution in [3.05, 3.63) is 0 Å². The number of piperidine rings is 1. The first-order valence-corrected chi connectivity index (χ1v) is 6.12. The number of likely N-dealkylation sites (tertiary alicyclic amines) is 1. The zero-order valence-electron chi connectivity index (χ0n) is 10.8. The summed E-state index contributed by atoms with van der Waals surface area (Å²) >= 11 is 0. The number of amides is 1. The van der Waals surface area contributed by atoms with Gasteiger partial charge >= 0.3 is 5.97 Å². The molecule has 1 saturated heterocycles. The number of hydrogen-bond donors (Lipinski definition) is 2. The Kier molecular flexibility index (Phi) is 4.14. The maximum Gasteiger partial charge on any atom is 0.306 e. The highest BCUT2D eigenvalue weighted by Crippen LogP contribution is 2.25. The fourth-order valence-corrected chi connectivity index (χ4v) is 2.18. The van der Waals surface area contributed by atoms with Crippen LogP contribution in [0.1, 0.15) is 40.0 Å². The zero-order valence-corrected chi connectivity index (χ0v) is 10.8. The lowest BCUT2D eigenvalue weighted by Crippen LogP contribution is -2.57. The maximum atomic E-state index is 12.2. The van der Waals surface area contributed by atoms with E-state index in [2.05, 4.69) is 0 Å². The molecule has 0 aromatic rings. The van der Waals surface area contributed by atoms with Crippen LogP contribution in [0.4, 0.5) is 0 Å². The van der Waals surface area contributed by atoms with Gasteiger partial charge in [-0.3, -0.25) is 9.59 Å². The lowest BCUT2D eigenvalue weighted by atomic mass is 9.89. The minimum atomic E-state index is -0.843. The number of carbonyl (C=O) groups excluding carboxylic acids is 1. The molecule has 0 bridgehead atoms. The Morgan fingerprint density at radius 2 is 2.12 bits per heavy atom. The van der Waals surface area contributed by atoms with Crippen LogP contribution in [0.3, 0.4) is 0 Å². The predicted octanol–water partition coefficient (Wildman–Crippen LogP) is 0.826. The van der Waals surface area contributed by atoms with E-state index >= 15 is 0 Å². The first-order chi connectivity index (χ1) is 7.79. The smallest absolute Gasteiger partial charge is 0.306 e. The van der Waals surface area contributed by atoms with Crippen molar-refractivity contribution in [2.75, 3.05) is 6.54 Å². The van der Waals surface area contributed by atoms with Crippen LogP contribution in [0.25, 0.3) is 0 Å². The summed E-state index contributed by atoms with van der Waals surface area (Å²) in [4.78, 5) is 24.8. The summed E-state index contributed by atoms with van der Waals surface area (Å²) in [5, 5.41) is 8.96. The van der Waals surface area contributed by atoms with Crippen LogP contribution in [-0.2, 0) is 9.59 Å². The molecule has 0 aliphatic carbocycles. The van der Waals surface area contributed by atoms with Crippen molar-refractivity contribution in [1.82, 2.24) is 4.90 Å². The Morgan fingerprint density at radius 3 is 2.53 bits per heavy atom. The summed E-state index contributed by atoms with van der Waals surface area (Å²) in [7, 11) is 0. The molecule has 17 heavy (non-hydrogen) atoms. The predicted molar refractivity (Wildman–Crippen MR) is 64.4 cm³/mol. The van der Waals surface area contributed by atoms with Crippen LogP contribution < -0.4 is 5.73 Å². The number of carboxylic acids is 1. The Bertz CT molecular complexity index is 315. The largest absolute Gasteiger partial charge is 0.481 e. The first-order valence-electron chi connectivity index (χ1n) is 6.12. The van der Waals surface area contributed by atoms with Crippen molar-refractivity contribution in [2.24, 2.45) is 11.7 Å². The standard InChI is InChI=1S/C12H22N2O3/c1-4-12(3,13)11(17)14-6-5-9(10(15)16)7-8(14)2/h8-9H,4-7,13H2,1-3H3,(H,15,16). The van der Waals surface area contributed by atoms with Gasteiger partial charge in [-0.05, 0) is 33.1 Å². The van der Waals surface area contributed by atoms with E-state index in [1.807, 2.05) is 13.8 Å². The third-order valence-electron chi connectivity index (χ3n) is 3.71. The maximum absolute atomic E-state index is 12.2. The van der Waals surface area contributed by atoms with Crippen molar-refractivity contribution in [2.45, 2.75) is 51.6 Å². The van der Waals surface area contributed by atoms with Crippen LogP contribution in [0, 0.1) is 5.92 Å². The van der Waals surface area contributed by atoms with Crippen LogP contribution in [0.15, 0.2) is 0 Å². The van der Waals surface area contributed by atoms with Crippen LogP contribution >= 0.6 is 0 Å². The summed E-state index contributed by atoms with van der Waals surface area (Å²) in [5.41, 5.74) is 5.10. The second-order valence-corrected chi connectivity index (χ2v) is 5.18. The van der Waals surface area contributed by atoms with Gasteiger partial charge < -0.3 is 15.7 Å². The number of carbonyl (C=O) groups is 2. The molecule has 1 rings (SSSR count). The summed E-state index contributed by atoms with van der Waals surface area (Å²) in [6.45, 7) is 5.99. The molecule has 5 nitrogen and oxygen atoms in total. The van der Waals surface area contributed by atoms with Crippen LogP contribution in [0.5, 0.6) is 0 Å². The van der Waals surface area contributed by atoms with Gasteiger partial charge in [-0.2, -0.15) is 0 Å². The lowest BCUT2D eigenvalue weighted by molar-refractivity contribution is -0.149. The van der Waals surface area contributed by atoms with E-state index in [0.29, 0.717) is 25.8 Å². The number of rotatable bonds is 3. The third kappa shape index (κ3) is 2.97. The molecule has 98 valence electrons. The summed E-state index contributed by atoms with van der Waals surface area (Å²) in [6.07, 6.45) is 1.61. The van der Waals surface area contributed by atoms with Gasteiger partial charge in [0.1, 0.15) is 0 Å². The molecule has 0 spiro atoms.